The molecule has 3 rings (SSSR count). The number of aliphatic hydroxyl groups excluding tert-OH is 1. The topological polar surface area (TPSA) is 62.5 Å². The van der Waals surface area contributed by atoms with Gasteiger partial charge in [-0.3, -0.25) is 9.59 Å². The highest BCUT2D eigenvalue weighted by Crippen LogP contribution is 2.25. The van der Waals surface area contributed by atoms with E-state index in [-0.39, 0.29) is 24.1 Å². The zero-order valence-corrected chi connectivity index (χ0v) is 16.4. The maximum Gasteiger partial charge on any atom is 0.258 e. The number of hydrogen-bond acceptors (Lipinski definition) is 3. The van der Waals surface area contributed by atoms with Gasteiger partial charge in [0.05, 0.1) is 12.6 Å². The standard InChI is InChI=1S/C22H30N2O3/c1-16(15-25)24-13-12-18-19(10-7-11-20(18)22(24)27)21(26)23(2)14-17-8-5-3-4-6-9-17/h7,10-13,16-17,25H,3-6,8-9,14-15H2,1-2H3/t16-/m1/s1. The highest BCUT2D eigenvalue weighted by Gasteiger charge is 2.21. The molecule has 146 valence electrons. The van der Waals surface area contributed by atoms with Crippen LogP contribution < -0.4 is 5.56 Å². The molecule has 0 bridgehead atoms. The van der Waals surface area contributed by atoms with E-state index in [0.29, 0.717) is 22.3 Å². The largest absolute Gasteiger partial charge is 0.394 e. The predicted molar refractivity (Wildman–Crippen MR) is 108 cm³/mol. The number of nitrogens with zero attached hydrogens (tertiary/aromatic N) is 2. The van der Waals surface area contributed by atoms with Gasteiger partial charge in [0.2, 0.25) is 0 Å². The molecule has 1 aromatic carbocycles. The van der Waals surface area contributed by atoms with Crippen molar-refractivity contribution in [1.29, 1.82) is 0 Å². The Morgan fingerprint density at radius 2 is 1.89 bits per heavy atom. The molecule has 1 aliphatic rings. The van der Waals surface area contributed by atoms with Gasteiger partial charge < -0.3 is 14.6 Å². The van der Waals surface area contributed by atoms with Gasteiger partial charge in [0.15, 0.2) is 0 Å². The van der Waals surface area contributed by atoms with Gasteiger partial charge in [0.25, 0.3) is 11.5 Å². The molecule has 1 fully saturated rings. The monoisotopic (exact) mass is 370 g/mol. The second kappa shape index (κ2) is 8.70. The molecule has 0 saturated heterocycles. The van der Waals surface area contributed by atoms with E-state index < -0.39 is 0 Å². The number of carbonyl (C=O) groups excluding carboxylic acids is 1. The maximum absolute atomic E-state index is 13.1. The molecule has 1 saturated carbocycles. The lowest BCUT2D eigenvalue weighted by atomic mass is 9.99. The van der Waals surface area contributed by atoms with Crippen molar-refractivity contribution in [3.63, 3.8) is 0 Å². The van der Waals surface area contributed by atoms with Gasteiger partial charge >= 0.3 is 0 Å². The minimum atomic E-state index is -0.292. The van der Waals surface area contributed by atoms with Crippen LogP contribution in [0, 0.1) is 5.92 Å². The first-order valence-corrected chi connectivity index (χ1v) is 10.0. The van der Waals surface area contributed by atoms with Gasteiger partial charge in [0, 0.05) is 36.1 Å². The highest BCUT2D eigenvalue weighted by atomic mass is 16.3. The fourth-order valence-electron chi connectivity index (χ4n) is 4.14. The Labute approximate surface area is 160 Å². The number of carbonyl (C=O) groups is 1. The average molecular weight is 370 g/mol. The van der Waals surface area contributed by atoms with Crippen molar-refractivity contribution in [2.45, 2.75) is 51.5 Å². The van der Waals surface area contributed by atoms with Crippen molar-refractivity contribution < 1.29 is 9.90 Å². The summed E-state index contributed by atoms with van der Waals surface area (Å²) >= 11 is 0. The van der Waals surface area contributed by atoms with Crippen LogP contribution in [0.3, 0.4) is 0 Å². The number of benzene rings is 1. The number of aliphatic hydroxyl groups is 1. The summed E-state index contributed by atoms with van der Waals surface area (Å²) in [6.45, 7) is 2.46. The second-order valence-corrected chi connectivity index (χ2v) is 7.87. The summed E-state index contributed by atoms with van der Waals surface area (Å²) in [6, 6.07) is 6.84. The van der Waals surface area contributed by atoms with Crippen molar-refractivity contribution in [3.05, 3.63) is 46.4 Å². The Balaban J connectivity index is 1.88. The summed E-state index contributed by atoms with van der Waals surface area (Å²) in [6.07, 6.45) is 9.17. The van der Waals surface area contributed by atoms with Crippen LogP contribution in [-0.2, 0) is 0 Å². The smallest absolute Gasteiger partial charge is 0.258 e. The minimum absolute atomic E-state index is 0.0304. The van der Waals surface area contributed by atoms with Gasteiger partial charge in [-0.1, -0.05) is 31.7 Å². The van der Waals surface area contributed by atoms with E-state index in [1.807, 2.05) is 18.0 Å². The van der Waals surface area contributed by atoms with Crippen molar-refractivity contribution in [2.24, 2.45) is 5.92 Å². The zero-order chi connectivity index (χ0) is 19.4. The molecule has 2 aromatic rings. The van der Waals surface area contributed by atoms with E-state index in [4.69, 9.17) is 0 Å². The molecule has 5 nitrogen and oxygen atoms in total. The SMILES string of the molecule is C[C@H](CO)n1ccc2c(C(=O)N(C)CC3CCCCCC3)cccc2c1=O. The summed E-state index contributed by atoms with van der Waals surface area (Å²) in [5, 5.41) is 10.6. The zero-order valence-electron chi connectivity index (χ0n) is 16.4. The van der Waals surface area contributed by atoms with Gasteiger partial charge in [-0.15, -0.1) is 0 Å². The number of pyridine rings is 1. The van der Waals surface area contributed by atoms with E-state index in [1.54, 1.807) is 31.3 Å². The number of rotatable bonds is 5. The summed E-state index contributed by atoms with van der Waals surface area (Å²) in [4.78, 5) is 27.6. The van der Waals surface area contributed by atoms with Crippen LogP contribution in [0.4, 0.5) is 0 Å². The molecule has 1 aromatic heterocycles. The lowest BCUT2D eigenvalue weighted by molar-refractivity contribution is 0.0769. The van der Waals surface area contributed by atoms with E-state index >= 15 is 0 Å². The number of amides is 1. The minimum Gasteiger partial charge on any atom is -0.394 e. The van der Waals surface area contributed by atoms with Crippen LogP contribution in [0.25, 0.3) is 10.8 Å². The summed E-state index contributed by atoms with van der Waals surface area (Å²) in [5.74, 6) is 0.538. The van der Waals surface area contributed by atoms with Crippen LogP contribution in [0.1, 0.15) is 61.8 Å². The fraction of sp³-hybridized carbons (Fsp3) is 0.545. The van der Waals surface area contributed by atoms with Crippen molar-refractivity contribution >= 4 is 16.7 Å². The van der Waals surface area contributed by atoms with Crippen LogP contribution in [0.2, 0.25) is 0 Å². The van der Waals surface area contributed by atoms with Gasteiger partial charge in [-0.05, 0) is 43.9 Å². The first-order valence-electron chi connectivity index (χ1n) is 10.0. The molecule has 0 unspecified atom stereocenters. The van der Waals surface area contributed by atoms with Gasteiger partial charge in [-0.25, -0.2) is 0 Å². The second-order valence-electron chi connectivity index (χ2n) is 7.87. The lowest BCUT2D eigenvalue weighted by Gasteiger charge is -2.24. The first-order chi connectivity index (χ1) is 13.0. The summed E-state index contributed by atoms with van der Waals surface area (Å²) < 4.78 is 1.52. The van der Waals surface area contributed by atoms with E-state index in [9.17, 15) is 14.7 Å². The van der Waals surface area contributed by atoms with Gasteiger partial charge in [0.1, 0.15) is 0 Å². The van der Waals surface area contributed by atoms with Crippen LogP contribution in [0.5, 0.6) is 0 Å². The van der Waals surface area contributed by atoms with Crippen LogP contribution in [-0.4, -0.2) is 40.7 Å². The normalized spacial score (nSPS) is 16.9. The Bertz CT molecular complexity index is 850. The number of aromatic nitrogens is 1. The molecule has 1 N–H and O–H groups in total. The Kier molecular flexibility index (Phi) is 6.32. The summed E-state index contributed by atoms with van der Waals surface area (Å²) in [7, 11) is 1.86. The molecule has 0 radical (unpaired) electrons. The molecular formula is C22H30N2O3. The van der Waals surface area contributed by atoms with Crippen molar-refractivity contribution in [2.75, 3.05) is 20.2 Å². The molecule has 1 heterocycles. The third-order valence-corrected chi connectivity index (χ3v) is 5.80. The predicted octanol–water partition coefficient (Wildman–Crippen LogP) is 3.60. The van der Waals surface area contributed by atoms with Crippen molar-refractivity contribution in [1.82, 2.24) is 9.47 Å². The molecule has 0 aliphatic heterocycles. The quantitative estimate of drug-likeness (QED) is 0.818. The Hall–Kier alpha value is -2.14. The molecule has 0 spiro atoms. The van der Waals surface area contributed by atoms with E-state index in [0.717, 1.165) is 6.54 Å². The van der Waals surface area contributed by atoms with E-state index in [2.05, 4.69) is 0 Å². The first kappa shape index (κ1) is 19.6. The fourth-order valence-corrected chi connectivity index (χ4v) is 4.14. The van der Waals surface area contributed by atoms with Crippen molar-refractivity contribution in [3.8, 4) is 0 Å². The molecule has 1 atom stereocenters. The third-order valence-electron chi connectivity index (χ3n) is 5.80. The number of hydrogen-bond donors (Lipinski definition) is 1. The molecule has 27 heavy (non-hydrogen) atoms. The molecule has 1 aliphatic carbocycles. The molecule has 1 amide bonds. The molecule has 5 heteroatoms. The molecular weight excluding hydrogens is 340 g/mol. The van der Waals surface area contributed by atoms with Crippen LogP contribution in [0.15, 0.2) is 35.3 Å². The summed E-state index contributed by atoms with van der Waals surface area (Å²) in [5.41, 5.74) is 0.402. The highest BCUT2D eigenvalue weighted by molar-refractivity contribution is 6.06. The lowest BCUT2D eigenvalue weighted by Crippen LogP contribution is -2.32. The van der Waals surface area contributed by atoms with Gasteiger partial charge in [-0.2, -0.15) is 0 Å². The Morgan fingerprint density at radius 3 is 2.56 bits per heavy atom. The maximum atomic E-state index is 13.1. The third kappa shape index (κ3) is 4.24. The number of fused-ring (bicyclic) bond motifs is 1. The van der Waals surface area contributed by atoms with Crippen LogP contribution >= 0.6 is 0 Å². The average Bonchev–Trinajstić information content (AvgIpc) is 2.95. The Morgan fingerprint density at radius 1 is 1.19 bits per heavy atom. The van der Waals surface area contributed by atoms with E-state index in [1.165, 1.54) is 43.1 Å².